The Labute approximate surface area is 163 Å². The third-order valence-electron chi connectivity index (χ3n) is 5.24. The van der Waals surface area contributed by atoms with E-state index in [2.05, 4.69) is 13.8 Å². The summed E-state index contributed by atoms with van der Waals surface area (Å²) < 4.78 is 6.20. The number of carbonyl (C=O) groups is 1. The topological polar surface area (TPSA) is 69.4 Å². The number of Topliss-reactive ketones (excluding diaryl/α,β-unsaturated/α-hetero) is 1. The Hall–Kier alpha value is -3.21. The van der Waals surface area contributed by atoms with E-state index in [1.165, 1.54) is 6.07 Å². The van der Waals surface area contributed by atoms with Crippen molar-refractivity contribution in [2.24, 2.45) is 5.41 Å². The Kier molecular flexibility index (Phi) is 4.38. The van der Waals surface area contributed by atoms with E-state index in [0.717, 1.165) is 11.1 Å². The van der Waals surface area contributed by atoms with Crippen LogP contribution in [0.3, 0.4) is 0 Å². The molecule has 2 aliphatic rings. The Morgan fingerprint density at radius 1 is 1.07 bits per heavy atom. The zero-order valence-corrected chi connectivity index (χ0v) is 15.8. The largest absolute Gasteiger partial charge is 0.461 e. The van der Waals surface area contributed by atoms with Crippen molar-refractivity contribution in [3.63, 3.8) is 0 Å². The average Bonchev–Trinajstić information content (AvgIpc) is 2.66. The smallest absolute Gasteiger partial charge is 0.269 e. The standard InChI is InChI=1S/C23H21NO4/c1-23(2)13-19(25)22-18(16-9-6-10-17(11-16)24(26)27)12-20(28-21(22)14-23)15-7-4-3-5-8-15/h3-12,18H,13-14H2,1-2H3. The number of benzene rings is 2. The molecule has 0 aromatic heterocycles. The molecule has 1 atom stereocenters. The van der Waals surface area contributed by atoms with Gasteiger partial charge in [0, 0.05) is 42.0 Å². The quantitative estimate of drug-likeness (QED) is 0.532. The van der Waals surface area contributed by atoms with E-state index in [1.54, 1.807) is 12.1 Å². The molecule has 0 saturated heterocycles. The van der Waals surface area contributed by atoms with Gasteiger partial charge in [-0.05, 0) is 17.1 Å². The predicted molar refractivity (Wildman–Crippen MR) is 106 cm³/mol. The van der Waals surface area contributed by atoms with Gasteiger partial charge in [-0.1, -0.05) is 56.3 Å². The molecule has 5 nitrogen and oxygen atoms in total. The summed E-state index contributed by atoms with van der Waals surface area (Å²) in [7, 11) is 0. The van der Waals surface area contributed by atoms with Crippen molar-refractivity contribution in [3.8, 4) is 0 Å². The maximum Gasteiger partial charge on any atom is 0.269 e. The van der Waals surface area contributed by atoms with Crippen LogP contribution < -0.4 is 0 Å². The molecular weight excluding hydrogens is 354 g/mol. The highest BCUT2D eigenvalue weighted by Gasteiger charge is 2.40. The van der Waals surface area contributed by atoms with E-state index in [4.69, 9.17) is 4.74 Å². The molecule has 1 aliphatic heterocycles. The second-order valence-corrected chi connectivity index (χ2v) is 8.11. The van der Waals surface area contributed by atoms with Crippen molar-refractivity contribution in [2.45, 2.75) is 32.6 Å². The summed E-state index contributed by atoms with van der Waals surface area (Å²) in [4.78, 5) is 23.8. The SMILES string of the molecule is CC1(C)CC(=O)C2=C(C1)OC(c1ccccc1)=CC2c1cccc([N+](=O)[O-])c1. The predicted octanol–water partition coefficient (Wildman–Crippen LogP) is 5.39. The molecule has 0 radical (unpaired) electrons. The van der Waals surface area contributed by atoms with Crippen molar-refractivity contribution >= 4 is 17.2 Å². The number of rotatable bonds is 3. The molecule has 142 valence electrons. The lowest BCUT2D eigenvalue weighted by molar-refractivity contribution is -0.384. The summed E-state index contributed by atoms with van der Waals surface area (Å²) in [5.41, 5.74) is 2.11. The molecule has 1 aliphatic carbocycles. The molecule has 0 bridgehead atoms. The third-order valence-corrected chi connectivity index (χ3v) is 5.24. The third kappa shape index (κ3) is 3.36. The number of nitrogens with zero attached hydrogens (tertiary/aromatic N) is 1. The van der Waals surface area contributed by atoms with Gasteiger partial charge in [0.25, 0.3) is 5.69 Å². The molecule has 0 amide bonds. The second-order valence-electron chi connectivity index (χ2n) is 8.11. The highest BCUT2D eigenvalue weighted by molar-refractivity contribution is 6.00. The molecule has 0 saturated carbocycles. The van der Waals surface area contributed by atoms with Crippen LogP contribution in [-0.4, -0.2) is 10.7 Å². The van der Waals surface area contributed by atoms with Gasteiger partial charge in [-0.15, -0.1) is 0 Å². The van der Waals surface area contributed by atoms with Gasteiger partial charge in [0.2, 0.25) is 0 Å². The zero-order chi connectivity index (χ0) is 19.9. The van der Waals surface area contributed by atoms with Gasteiger partial charge in [-0.2, -0.15) is 0 Å². The van der Waals surface area contributed by atoms with Gasteiger partial charge in [-0.25, -0.2) is 0 Å². The molecule has 5 heteroatoms. The van der Waals surface area contributed by atoms with Crippen LogP contribution in [-0.2, 0) is 9.53 Å². The number of non-ortho nitro benzene ring substituents is 1. The Morgan fingerprint density at radius 3 is 2.54 bits per heavy atom. The maximum atomic E-state index is 13.0. The normalized spacial score (nSPS) is 20.9. The first-order chi connectivity index (χ1) is 13.3. The minimum atomic E-state index is -0.411. The number of ether oxygens (including phenoxy) is 1. The first kappa shape index (κ1) is 18.2. The highest BCUT2D eigenvalue weighted by Crippen LogP contribution is 2.47. The molecule has 1 unspecified atom stereocenters. The molecule has 1 heterocycles. The summed E-state index contributed by atoms with van der Waals surface area (Å²) in [5, 5.41) is 11.2. The van der Waals surface area contributed by atoms with Crippen LogP contribution in [0.15, 0.2) is 72.0 Å². The first-order valence-corrected chi connectivity index (χ1v) is 9.30. The van der Waals surface area contributed by atoms with Crippen molar-refractivity contribution in [1.82, 2.24) is 0 Å². The van der Waals surface area contributed by atoms with Crippen LogP contribution in [0.25, 0.3) is 5.76 Å². The molecule has 28 heavy (non-hydrogen) atoms. The molecule has 2 aromatic rings. The van der Waals surface area contributed by atoms with Gasteiger partial charge in [0.1, 0.15) is 11.5 Å². The van der Waals surface area contributed by atoms with Gasteiger partial charge in [-0.3, -0.25) is 14.9 Å². The number of hydrogen-bond acceptors (Lipinski definition) is 4. The van der Waals surface area contributed by atoms with Crippen LogP contribution >= 0.6 is 0 Å². The summed E-state index contributed by atoms with van der Waals surface area (Å²) in [6.07, 6.45) is 3.00. The lowest BCUT2D eigenvalue weighted by atomic mass is 9.71. The van der Waals surface area contributed by atoms with Crippen LogP contribution in [0.2, 0.25) is 0 Å². The van der Waals surface area contributed by atoms with Crippen molar-refractivity contribution < 1.29 is 14.5 Å². The van der Waals surface area contributed by atoms with Crippen LogP contribution in [0, 0.1) is 15.5 Å². The van der Waals surface area contributed by atoms with Crippen LogP contribution in [0.1, 0.15) is 43.7 Å². The molecular formula is C23H21NO4. The number of carbonyl (C=O) groups excluding carboxylic acids is 1. The van der Waals surface area contributed by atoms with E-state index in [1.807, 2.05) is 42.5 Å². The van der Waals surface area contributed by atoms with Crippen molar-refractivity contribution in [3.05, 3.63) is 93.2 Å². The van der Waals surface area contributed by atoms with Gasteiger partial charge in [0.05, 0.1) is 4.92 Å². The fraction of sp³-hybridized carbons (Fsp3) is 0.261. The number of nitro groups is 1. The summed E-state index contributed by atoms with van der Waals surface area (Å²) in [5.74, 6) is 1.05. The molecule has 4 rings (SSSR count). The lowest BCUT2D eigenvalue weighted by Crippen LogP contribution is -2.30. The van der Waals surface area contributed by atoms with E-state index in [9.17, 15) is 14.9 Å². The Bertz CT molecular complexity index is 1020. The highest BCUT2D eigenvalue weighted by atomic mass is 16.6. The lowest BCUT2D eigenvalue weighted by Gasteiger charge is -2.37. The van der Waals surface area contributed by atoms with E-state index in [-0.39, 0.29) is 22.8 Å². The minimum absolute atomic E-state index is 0.0180. The Morgan fingerprint density at radius 2 is 1.82 bits per heavy atom. The number of hydrogen-bond donors (Lipinski definition) is 0. The van der Waals surface area contributed by atoms with Crippen molar-refractivity contribution in [1.29, 1.82) is 0 Å². The zero-order valence-electron chi connectivity index (χ0n) is 15.8. The summed E-state index contributed by atoms with van der Waals surface area (Å²) in [6, 6.07) is 16.2. The molecule has 0 N–H and O–H groups in total. The van der Waals surface area contributed by atoms with Gasteiger partial charge in [0.15, 0.2) is 5.78 Å². The van der Waals surface area contributed by atoms with Gasteiger partial charge < -0.3 is 4.74 Å². The monoisotopic (exact) mass is 375 g/mol. The number of nitro benzene ring substituents is 1. The van der Waals surface area contributed by atoms with E-state index >= 15 is 0 Å². The maximum absolute atomic E-state index is 13.0. The summed E-state index contributed by atoms with van der Waals surface area (Å²) in [6.45, 7) is 4.11. The molecule has 0 fully saturated rings. The van der Waals surface area contributed by atoms with Crippen molar-refractivity contribution in [2.75, 3.05) is 0 Å². The number of allylic oxidation sites excluding steroid dienone is 3. The van der Waals surface area contributed by atoms with E-state index < -0.39 is 4.92 Å². The van der Waals surface area contributed by atoms with Crippen LogP contribution in [0.5, 0.6) is 0 Å². The minimum Gasteiger partial charge on any atom is -0.461 e. The second kappa shape index (κ2) is 6.75. The summed E-state index contributed by atoms with van der Waals surface area (Å²) >= 11 is 0. The Balaban J connectivity index is 1.86. The molecule has 0 spiro atoms. The number of ketones is 1. The van der Waals surface area contributed by atoms with E-state index in [0.29, 0.717) is 29.9 Å². The average molecular weight is 375 g/mol. The fourth-order valence-corrected chi connectivity index (χ4v) is 3.97. The van der Waals surface area contributed by atoms with Gasteiger partial charge >= 0.3 is 0 Å². The van der Waals surface area contributed by atoms with Crippen LogP contribution in [0.4, 0.5) is 5.69 Å². The fourth-order valence-electron chi connectivity index (χ4n) is 3.97. The molecule has 2 aromatic carbocycles. The first-order valence-electron chi connectivity index (χ1n) is 9.30.